The second kappa shape index (κ2) is 12.2. The van der Waals surface area contributed by atoms with Crippen LogP contribution in [0.4, 0.5) is 4.79 Å². The summed E-state index contributed by atoms with van der Waals surface area (Å²) in [4.78, 5) is 21.2. The van der Waals surface area contributed by atoms with Gasteiger partial charge in [-0.15, -0.1) is 0 Å². The molecule has 3 saturated heterocycles. The van der Waals surface area contributed by atoms with Gasteiger partial charge in [-0.05, 0) is 68.5 Å². The van der Waals surface area contributed by atoms with Crippen molar-refractivity contribution in [3.8, 4) is 11.6 Å². The molecular weight excluding hydrogens is 556 g/mol. The lowest BCUT2D eigenvalue weighted by Crippen LogP contribution is -2.55. The van der Waals surface area contributed by atoms with Crippen molar-refractivity contribution in [2.24, 2.45) is 5.92 Å². The minimum atomic E-state index is -0.438. The maximum absolute atomic E-state index is 12.8. The molecule has 222 valence electrons. The van der Waals surface area contributed by atoms with Crippen LogP contribution in [-0.4, -0.2) is 78.9 Å². The van der Waals surface area contributed by atoms with E-state index in [1.165, 1.54) is 19.4 Å². The summed E-state index contributed by atoms with van der Waals surface area (Å²) in [5.74, 6) is 1.73. The zero-order valence-corrected chi connectivity index (χ0v) is 24.4. The molecule has 0 unspecified atom stereocenters. The summed E-state index contributed by atoms with van der Waals surface area (Å²) in [6, 6.07) is 13.7. The number of likely N-dealkylation sites (tertiary alicyclic amines) is 1. The SMILES string of the molecule is O=C(NC1CCN(C[C@@H]2CCCN3CCOC[C@H]23)CC1)Oc1cc2c(OCc3coc4ccc(Cl)cc34)cccc2[nH]1. The molecule has 0 aliphatic carbocycles. The molecule has 2 aromatic carbocycles. The van der Waals surface area contributed by atoms with Crippen LogP contribution in [-0.2, 0) is 11.3 Å². The first kappa shape index (κ1) is 27.6. The Morgan fingerprint density at radius 3 is 2.88 bits per heavy atom. The van der Waals surface area contributed by atoms with E-state index < -0.39 is 6.09 Å². The van der Waals surface area contributed by atoms with Gasteiger partial charge in [0.05, 0.1) is 25.0 Å². The van der Waals surface area contributed by atoms with Crippen LogP contribution >= 0.6 is 11.6 Å². The number of halogens is 1. The number of ether oxygens (including phenoxy) is 3. The average Bonchev–Trinajstić information content (AvgIpc) is 3.60. The Hall–Kier alpha value is -3.24. The molecule has 3 fully saturated rings. The number of aromatic amines is 1. The Morgan fingerprint density at radius 2 is 1.98 bits per heavy atom. The maximum atomic E-state index is 12.8. The molecule has 0 bridgehead atoms. The number of aromatic nitrogens is 1. The summed E-state index contributed by atoms with van der Waals surface area (Å²) in [7, 11) is 0. The number of nitrogens with one attached hydrogen (secondary N) is 2. The van der Waals surface area contributed by atoms with Crippen LogP contribution in [0.15, 0.2) is 53.1 Å². The molecule has 0 saturated carbocycles. The summed E-state index contributed by atoms with van der Waals surface area (Å²) in [6.45, 7) is 7.42. The number of nitrogens with zero attached hydrogens (tertiary/aromatic N) is 2. The lowest BCUT2D eigenvalue weighted by molar-refractivity contribution is -0.0553. The minimum absolute atomic E-state index is 0.108. The highest BCUT2D eigenvalue weighted by Gasteiger charge is 2.35. The number of rotatable bonds is 7. The zero-order chi connectivity index (χ0) is 28.5. The summed E-state index contributed by atoms with van der Waals surface area (Å²) in [6.07, 6.45) is 5.66. The quantitative estimate of drug-likeness (QED) is 0.280. The monoisotopic (exact) mass is 592 g/mol. The second-order valence-electron chi connectivity index (χ2n) is 11.7. The number of amides is 1. The molecule has 2 atom stereocenters. The smallest absolute Gasteiger partial charge is 0.414 e. The molecule has 4 aromatic rings. The molecule has 2 N–H and O–H groups in total. The Kier molecular flexibility index (Phi) is 7.99. The highest BCUT2D eigenvalue weighted by atomic mass is 35.5. The van der Waals surface area contributed by atoms with Crippen molar-refractivity contribution in [3.05, 3.63) is 59.3 Å². The second-order valence-corrected chi connectivity index (χ2v) is 12.2. The molecule has 10 heteroatoms. The summed E-state index contributed by atoms with van der Waals surface area (Å²) in [5, 5.41) is 5.48. The Balaban J connectivity index is 0.915. The Bertz CT molecular complexity index is 1540. The van der Waals surface area contributed by atoms with Crippen molar-refractivity contribution in [1.82, 2.24) is 20.1 Å². The zero-order valence-electron chi connectivity index (χ0n) is 23.6. The number of morpholine rings is 1. The Morgan fingerprint density at radius 1 is 1.07 bits per heavy atom. The van der Waals surface area contributed by atoms with Crippen LogP contribution in [0.5, 0.6) is 11.6 Å². The van der Waals surface area contributed by atoms with Crippen molar-refractivity contribution < 1.29 is 23.4 Å². The highest BCUT2D eigenvalue weighted by Crippen LogP contribution is 2.32. The molecule has 7 rings (SSSR count). The van der Waals surface area contributed by atoms with Crippen molar-refractivity contribution >= 4 is 39.6 Å². The first-order valence-electron chi connectivity index (χ1n) is 15.0. The molecule has 5 heterocycles. The highest BCUT2D eigenvalue weighted by molar-refractivity contribution is 6.31. The van der Waals surface area contributed by atoms with Crippen LogP contribution in [0.2, 0.25) is 5.02 Å². The molecule has 2 aromatic heterocycles. The number of benzene rings is 2. The third-order valence-electron chi connectivity index (χ3n) is 9.05. The van der Waals surface area contributed by atoms with Crippen molar-refractivity contribution in [3.63, 3.8) is 0 Å². The third-order valence-corrected chi connectivity index (χ3v) is 9.28. The molecule has 3 aliphatic heterocycles. The van der Waals surface area contributed by atoms with E-state index in [0.29, 0.717) is 35.2 Å². The van der Waals surface area contributed by atoms with Gasteiger partial charge in [0.15, 0.2) is 0 Å². The lowest BCUT2D eigenvalue weighted by atomic mass is 9.87. The van der Waals surface area contributed by atoms with Gasteiger partial charge in [-0.2, -0.15) is 0 Å². The predicted molar refractivity (Wildman–Crippen MR) is 161 cm³/mol. The van der Waals surface area contributed by atoms with E-state index in [-0.39, 0.29) is 6.04 Å². The number of fused-ring (bicyclic) bond motifs is 3. The topological polar surface area (TPSA) is 92.2 Å². The predicted octanol–water partition coefficient (Wildman–Crippen LogP) is 5.81. The normalized spacial score (nSPS) is 22.3. The summed E-state index contributed by atoms with van der Waals surface area (Å²) in [5.41, 5.74) is 2.50. The van der Waals surface area contributed by atoms with Gasteiger partial charge in [-0.3, -0.25) is 4.90 Å². The van der Waals surface area contributed by atoms with Gasteiger partial charge < -0.3 is 33.8 Å². The number of hydrogen-bond acceptors (Lipinski definition) is 7. The van der Waals surface area contributed by atoms with E-state index in [9.17, 15) is 4.79 Å². The lowest BCUT2D eigenvalue weighted by Gasteiger charge is -2.46. The third kappa shape index (κ3) is 5.97. The molecule has 42 heavy (non-hydrogen) atoms. The number of H-pyrrole nitrogens is 1. The summed E-state index contributed by atoms with van der Waals surface area (Å²) < 4.78 is 23.2. The molecule has 3 aliphatic rings. The van der Waals surface area contributed by atoms with Crippen LogP contribution in [0.3, 0.4) is 0 Å². The van der Waals surface area contributed by atoms with Gasteiger partial charge in [-0.1, -0.05) is 17.7 Å². The molecule has 0 spiro atoms. The van der Waals surface area contributed by atoms with Gasteiger partial charge in [0, 0.05) is 65.7 Å². The first-order valence-corrected chi connectivity index (χ1v) is 15.4. The molecule has 0 radical (unpaired) electrons. The van der Waals surface area contributed by atoms with Gasteiger partial charge in [0.25, 0.3) is 0 Å². The fourth-order valence-electron chi connectivity index (χ4n) is 6.82. The molecule has 1 amide bonds. The largest absolute Gasteiger partial charge is 0.488 e. The number of carbonyl (C=O) groups is 1. The van der Waals surface area contributed by atoms with E-state index in [2.05, 4.69) is 20.1 Å². The van der Waals surface area contributed by atoms with Gasteiger partial charge >= 0.3 is 6.09 Å². The summed E-state index contributed by atoms with van der Waals surface area (Å²) >= 11 is 6.17. The maximum Gasteiger partial charge on any atom is 0.414 e. The van der Waals surface area contributed by atoms with Gasteiger partial charge in [0.2, 0.25) is 5.88 Å². The fraction of sp³-hybridized carbons (Fsp3) is 0.469. The van der Waals surface area contributed by atoms with Crippen molar-refractivity contribution in [1.29, 1.82) is 0 Å². The number of piperidine rings is 2. The molecular formula is C32H37ClN4O5. The van der Waals surface area contributed by atoms with Gasteiger partial charge in [-0.25, -0.2) is 4.79 Å². The van der Waals surface area contributed by atoms with E-state index in [4.69, 9.17) is 30.2 Å². The van der Waals surface area contributed by atoms with E-state index >= 15 is 0 Å². The van der Waals surface area contributed by atoms with Crippen LogP contribution in [0.25, 0.3) is 21.9 Å². The standard InChI is InChI=1S/C32H37ClN4O5/c33-23-6-7-30-25(15-23)22(19-41-30)18-40-29-5-1-4-27-26(29)16-31(35-27)42-32(38)34-24-8-11-36(12-9-24)17-21-3-2-10-37-13-14-39-20-28(21)37/h1,4-7,15-16,19,21,24,28,35H,2-3,8-14,17-18,20H2,(H,34,38)/t21-,28+/m0/s1. The van der Waals surface area contributed by atoms with E-state index in [0.717, 1.165) is 79.7 Å². The Labute approximate surface area is 250 Å². The van der Waals surface area contributed by atoms with Crippen molar-refractivity contribution in [2.75, 3.05) is 45.9 Å². The van der Waals surface area contributed by atoms with Crippen LogP contribution in [0, 0.1) is 5.92 Å². The van der Waals surface area contributed by atoms with Crippen LogP contribution < -0.4 is 14.8 Å². The van der Waals surface area contributed by atoms with Crippen LogP contribution in [0.1, 0.15) is 31.2 Å². The van der Waals surface area contributed by atoms with E-state index in [1.807, 2.05) is 30.3 Å². The molecule has 9 nitrogen and oxygen atoms in total. The number of furan rings is 1. The minimum Gasteiger partial charge on any atom is -0.488 e. The van der Waals surface area contributed by atoms with Gasteiger partial charge in [0.1, 0.15) is 17.9 Å². The number of carbonyl (C=O) groups excluding carboxylic acids is 1. The van der Waals surface area contributed by atoms with Crippen molar-refractivity contribution in [2.45, 2.75) is 44.4 Å². The fourth-order valence-corrected chi connectivity index (χ4v) is 6.99. The van der Waals surface area contributed by atoms with E-state index in [1.54, 1.807) is 18.4 Å². The average molecular weight is 593 g/mol. The number of hydrogen-bond donors (Lipinski definition) is 2. The first-order chi connectivity index (χ1) is 20.6.